The molecule has 0 atom stereocenters. The van der Waals surface area contributed by atoms with E-state index in [-0.39, 0.29) is 0 Å². The van der Waals surface area contributed by atoms with Crippen LogP contribution in [0.25, 0.3) is 176 Å². The molecular formula is C142H124. The average Bonchev–Trinajstić information content (AvgIpc) is 1.59. The van der Waals surface area contributed by atoms with Crippen LogP contribution in [-0.2, 0) is 64.2 Å². The standard InChI is InChI=1S/4C24H16.2C17H12.6C2H6/c2*1-4-8-21-15(5-1)9-10-17-12-19-13-22-18(14-23(19)24(17)21)11-16-6-2-3-7-20(16)22;2*1-3-7-19-15(5-1)9-10-21-23-12-17-11-16-6-2-4-8-20(16)22(17)13-18(23)14-24(19)21;2*1-3-7-14-12(5-1)9-10-16-15-8-4-2-6-13(15)11-17(14)16;6*1-2/h2*1-10,13-14H,11-12H2;2*1-10,12-13H,11,14H2;2*1-10H,11H2;6*1-2H3. The van der Waals surface area contributed by atoms with E-state index in [0.717, 1.165) is 64.2 Å². The van der Waals surface area contributed by atoms with E-state index in [9.17, 15) is 0 Å². The van der Waals surface area contributed by atoms with Gasteiger partial charge in [-0.1, -0.05) is 447 Å². The predicted molar refractivity (Wildman–Crippen MR) is 614 cm³/mol. The lowest BCUT2D eigenvalue weighted by Crippen LogP contribution is -1.86. The van der Waals surface area contributed by atoms with Crippen LogP contribution < -0.4 is 0 Å². The van der Waals surface area contributed by atoms with Crippen molar-refractivity contribution in [3.05, 3.63) is 524 Å². The zero-order valence-electron chi connectivity index (χ0n) is 84.3. The third-order valence-corrected chi connectivity index (χ3v) is 30.2. The monoisotopic (exact) mass is 1830 g/mol. The van der Waals surface area contributed by atoms with E-state index in [1.54, 1.807) is 0 Å². The van der Waals surface area contributed by atoms with Gasteiger partial charge in [-0.05, 0) is 400 Å². The number of hydrogen-bond acceptors (Lipinski definition) is 0. The summed E-state index contributed by atoms with van der Waals surface area (Å²) in [6.07, 6.45) is 10.7. The second-order valence-corrected chi connectivity index (χ2v) is 37.3. The highest BCUT2D eigenvalue weighted by atomic mass is 14.4. The van der Waals surface area contributed by atoms with Crippen LogP contribution in [0.1, 0.15) is 194 Å². The number of fused-ring (bicyclic) bond motifs is 42. The molecule has 10 aliphatic rings. The van der Waals surface area contributed by atoms with Crippen LogP contribution in [0.3, 0.4) is 0 Å². The second-order valence-electron chi connectivity index (χ2n) is 37.3. The van der Waals surface area contributed by atoms with E-state index in [1.807, 2.05) is 83.1 Å². The van der Waals surface area contributed by atoms with Gasteiger partial charge < -0.3 is 0 Å². The molecule has 0 aromatic heterocycles. The van der Waals surface area contributed by atoms with Crippen molar-refractivity contribution >= 4 is 64.6 Å². The zero-order valence-corrected chi connectivity index (χ0v) is 84.3. The van der Waals surface area contributed by atoms with Crippen molar-refractivity contribution in [2.24, 2.45) is 0 Å². The predicted octanol–water partition coefficient (Wildman–Crippen LogP) is 38.9. The van der Waals surface area contributed by atoms with Crippen LogP contribution in [-0.4, -0.2) is 0 Å². The quantitative estimate of drug-likeness (QED) is 0.142. The summed E-state index contributed by atoms with van der Waals surface area (Å²) in [5.41, 5.74) is 58.3. The van der Waals surface area contributed by atoms with Gasteiger partial charge in [-0.3, -0.25) is 0 Å². The van der Waals surface area contributed by atoms with Crippen molar-refractivity contribution in [3.63, 3.8) is 0 Å². The van der Waals surface area contributed by atoms with Crippen LogP contribution in [0.15, 0.2) is 413 Å². The van der Waals surface area contributed by atoms with E-state index >= 15 is 0 Å². The first-order valence-electron chi connectivity index (χ1n) is 52.6. The van der Waals surface area contributed by atoms with Crippen LogP contribution >= 0.6 is 0 Å². The summed E-state index contributed by atoms with van der Waals surface area (Å²) in [7, 11) is 0. The lowest BCUT2D eigenvalue weighted by molar-refractivity contribution is 1.24. The highest BCUT2D eigenvalue weighted by Gasteiger charge is 2.33. The molecule has 0 fully saturated rings. The highest BCUT2D eigenvalue weighted by Crippen LogP contribution is 2.53. The molecule has 0 heterocycles. The van der Waals surface area contributed by atoms with Crippen LogP contribution in [0, 0.1) is 0 Å². The molecule has 0 unspecified atom stereocenters. The van der Waals surface area contributed by atoms with E-state index in [0.29, 0.717) is 0 Å². The highest BCUT2D eigenvalue weighted by molar-refractivity contribution is 6.06. The van der Waals surface area contributed by atoms with E-state index in [2.05, 4.69) is 413 Å². The van der Waals surface area contributed by atoms with Crippen molar-refractivity contribution < 1.29 is 0 Å². The molecule has 142 heavy (non-hydrogen) atoms. The van der Waals surface area contributed by atoms with Gasteiger partial charge in [0.25, 0.3) is 0 Å². The molecule has 32 rings (SSSR count). The van der Waals surface area contributed by atoms with Crippen molar-refractivity contribution in [2.75, 3.05) is 0 Å². The lowest BCUT2D eigenvalue weighted by atomic mass is 9.95. The Balaban J connectivity index is 0.0000000991. The first kappa shape index (κ1) is 92.7. The summed E-state index contributed by atoms with van der Waals surface area (Å²) in [5.74, 6) is 0. The smallest absolute Gasteiger partial charge is 0.000706 e. The molecule has 0 heteroatoms. The van der Waals surface area contributed by atoms with Gasteiger partial charge in [0.2, 0.25) is 0 Å². The Morgan fingerprint density at radius 3 is 0.535 bits per heavy atom. The largest absolute Gasteiger partial charge is 0.0683 e. The van der Waals surface area contributed by atoms with Crippen molar-refractivity contribution in [1.29, 1.82) is 0 Å². The maximum Gasteiger partial charge on any atom is -0.000706 e. The third-order valence-electron chi connectivity index (χ3n) is 30.2. The van der Waals surface area contributed by atoms with E-state index in [1.165, 1.54) is 287 Å². The minimum atomic E-state index is 1.06. The van der Waals surface area contributed by atoms with Crippen LogP contribution in [0.4, 0.5) is 0 Å². The summed E-state index contributed by atoms with van der Waals surface area (Å²) in [6, 6.07) is 152. The first-order chi connectivity index (χ1) is 70.4. The van der Waals surface area contributed by atoms with Crippen molar-refractivity contribution in [2.45, 2.75) is 147 Å². The maximum atomic E-state index is 2.46. The summed E-state index contributed by atoms with van der Waals surface area (Å²) in [6.45, 7) is 24.0. The lowest BCUT2D eigenvalue weighted by Gasteiger charge is -2.09. The molecular weight excluding hydrogens is 1710 g/mol. The number of hydrogen-bond donors (Lipinski definition) is 0. The molecule has 692 valence electrons. The topological polar surface area (TPSA) is 0 Å². The SMILES string of the molecule is CC.CC.CC.CC.CC.CC.c1ccc2c(c1)Cc1c-2ccc2ccccc12.c1ccc2c(c1)Cc1c-2ccc2ccccc12.c1ccc2c(c1)Cc1cc3c(cc1-2)Cc1c-3ccc2ccccc12.c1ccc2c(c1)Cc1cc3c(cc1-2)Cc1c-3ccc2ccccc12.c1ccc2c(c1)Cc1cc3c(cc1-2)Cc1ccc2ccccc2c1-3.c1ccc2c(c1)Cc1cc3c(cc1-2)Cc1ccc2ccccc2c1-3. The van der Waals surface area contributed by atoms with Gasteiger partial charge in [0.05, 0.1) is 0 Å². The maximum absolute atomic E-state index is 2.46. The third kappa shape index (κ3) is 16.5. The van der Waals surface area contributed by atoms with Crippen molar-refractivity contribution in [1.82, 2.24) is 0 Å². The molecule has 0 bridgehead atoms. The molecule has 0 aliphatic heterocycles. The molecule has 0 saturated carbocycles. The zero-order chi connectivity index (χ0) is 97.2. The molecule has 0 radical (unpaired) electrons. The minimum absolute atomic E-state index is 1.06. The van der Waals surface area contributed by atoms with Gasteiger partial charge in [-0.15, -0.1) is 0 Å². The van der Waals surface area contributed by atoms with Gasteiger partial charge in [-0.25, -0.2) is 0 Å². The molecule has 0 spiro atoms. The Labute approximate surface area is 840 Å². The number of benzene rings is 22. The normalized spacial score (nSPS) is 12.4. The molecule has 0 nitrogen and oxygen atoms in total. The second kappa shape index (κ2) is 40.7. The molecule has 0 N–H and O–H groups in total. The van der Waals surface area contributed by atoms with Crippen molar-refractivity contribution in [3.8, 4) is 111 Å². The molecule has 22 aromatic carbocycles. The first-order valence-corrected chi connectivity index (χ1v) is 52.6. The number of rotatable bonds is 0. The minimum Gasteiger partial charge on any atom is -0.0683 e. The van der Waals surface area contributed by atoms with Gasteiger partial charge >= 0.3 is 0 Å². The Kier molecular flexibility index (Phi) is 26.6. The molecule has 0 saturated heterocycles. The fourth-order valence-electron chi connectivity index (χ4n) is 24.2. The molecule has 22 aromatic rings. The summed E-state index contributed by atoms with van der Waals surface area (Å²) in [4.78, 5) is 0. The van der Waals surface area contributed by atoms with Gasteiger partial charge in [0.1, 0.15) is 0 Å². The fraction of sp³-hybridized carbons (Fsp3) is 0.155. The summed E-state index contributed by atoms with van der Waals surface area (Å²) >= 11 is 0. The van der Waals surface area contributed by atoms with Crippen LogP contribution in [0.5, 0.6) is 0 Å². The van der Waals surface area contributed by atoms with Crippen LogP contribution in [0.2, 0.25) is 0 Å². The molecule has 0 amide bonds. The Bertz CT molecular complexity index is 8110. The fourth-order valence-corrected chi connectivity index (χ4v) is 24.2. The average molecular weight is 1830 g/mol. The van der Waals surface area contributed by atoms with Gasteiger partial charge in [-0.2, -0.15) is 0 Å². The Morgan fingerprint density at radius 1 is 0.106 bits per heavy atom. The molecule has 10 aliphatic carbocycles. The van der Waals surface area contributed by atoms with E-state index in [4.69, 9.17) is 0 Å². The summed E-state index contributed by atoms with van der Waals surface area (Å²) in [5, 5.41) is 16.5. The summed E-state index contributed by atoms with van der Waals surface area (Å²) < 4.78 is 0. The Morgan fingerprint density at radius 2 is 0.268 bits per heavy atom. The van der Waals surface area contributed by atoms with E-state index < -0.39 is 0 Å². The van der Waals surface area contributed by atoms with Gasteiger partial charge in [0.15, 0.2) is 0 Å². The Hall–Kier alpha value is -15.6. The van der Waals surface area contributed by atoms with Gasteiger partial charge in [0, 0.05) is 0 Å².